The average Bonchev–Trinajstić information content (AvgIpc) is 2.59. The molecule has 4 heteroatoms. The molecule has 0 saturated carbocycles. The van der Waals surface area contributed by atoms with Gasteiger partial charge in [0.05, 0.1) is 17.4 Å². The number of nitrogens with zero attached hydrogens (tertiary/aromatic N) is 2. The van der Waals surface area contributed by atoms with E-state index in [-0.39, 0.29) is 0 Å². The van der Waals surface area contributed by atoms with Crippen molar-refractivity contribution < 1.29 is 9.53 Å². The summed E-state index contributed by atoms with van der Waals surface area (Å²) in [5, 5.41) is 0.893. The van der Waals surface area contributed by atoms with Crippen molar-refractivity contribution in [1.29, 1.82) is 0 Å². The number of anilines is 1. The van der Waals surface area contributed by atoms with E-state index in [4.69, 9.17) is 4.74 Å². The summed E-state index contributed by atoms with van der Waals surface area (Å²) in [4.78, 5) is 16.8. The number of fused-ring (bicyclic) bond motifs is 1. The van der Waals surface area contributed by atoms with E-state index in [1.54, 1.807) is 13.2 Å². The highest BCUT2D eigenvalue weighted by Crippen LogP contribution is 2.28. The van der Waals surface area contributed by atoms with Crippen molar-refractivity contribution in [2.75, 3.05) is 11.9 Å². The van der Waals surface area contributed by atoms with Crippen molar-refractivity contribution in [1.82, 2.24) is 4.98 Å². The molecule has 4 nitrogen and oxygen atoms in total. The molecule has 0 atom stereocenters. The first-order valence-corrected chi connectivity index (χ1v) is 7.01. The molecule has 0 bridgehead atoms. The van der Waals surface area contributed by atoms with Crippen molar-refractivity contribution in [2.45, 2.75) is 6.61 Å². The van der Waals surface area contributed by atoms with Crippen LogP contribution < -0.4 is 9.64 Å². The minimum absolute atomic E-state index is 0.494. The molecule has 110 valence electrons. The zero-order valence-electron chi connectivity index (χ0n) is 12.3. The molecule has 0 radical (unpaired) electrons. The Morgan fingerprint density at radius 3 is 2.73 bits per heavy atom. The van der Waals surface area contributed by atoms with Gasteiger partial charge in [-0.3, -0.25) is 9.78 Å². The van der Waals surface area contributed by atoms with Gasteiger partial charge in [-0.15, -0.1) is 0 Å². The number of rotatable bonds is 5. The van der Waals surface area contributed by atoms with Crippen LogP contribution in [0, 0.1) is 0 Å². The maximum Gasteiger partial charge on any atom is 0.213 e. The van der Waals surface area contributed by atoms with Crippen LogP contribution in [0.5, 0.6) is 5.75 Å². The SMILES string of the molecule is CN(C=O)c1cnc2cccc(OCc3ccccc3)c2c1. The third-order valence-corrected chi connectivity index (χ3v) is 3.47. The first-order chi connectivity index (χ1) is 10.8. The molecule has 0 aliphatic carbocycles. The lowest BCUT2D eigenvalue weighted by Gasteiger charge is -2.13. The van der Waals surface area contributed by atoms with Gasteiger partial charge in [0.2, 0.25) is 6.41 Å². The predicted molar refractivity (Wildman–Crippen MR) is 87.0 cm³/mol. The highest BCUT2D eigenvalue weighted by molar-refractivity contribution is 5.89. The molecule has 0 unspecified atom stereocenters. The molecular formula is C18H16N2O2. The fourth-order valence-corrected chi connectivity index (χ4v) is 2.23. The number of pyridine rings is 1. The highest BCUT2D eigenvalue weighted by Gasteiger charge is 2.07. The van der Waals surface area contributed by atoms with Gasteiger partial charge in [0, 0.05) is 12.4 Å². The number of benzene rings is 2. The Labute approximate surface area is 129 Å². The van der Waals surface area contributed by atoms with Crippen molar-refractivity contribution in [3.8, 4) is 5.75 Å². The smallest absolute Gasteiger partial charge is 0.213 e. The lowest BCUT2D eigenvalue weighted by atomic mass is 10.2. The minimum atomic E-state index is 0.494. The van der Waals surface area contributed by atoms with Crippen molar-refractivity contribution in [3.63, 3.8) is 0 Å². The maximum absolute atomic E-state index is 10.9. The number of carbonyl (C=O) groups is 1. The number of amides is 1. The van der Waals surface area contributed by atoms with E-state index in [1.807, 2.05) is 54.6 Å². The van der Waals surface area contributed by atoms with Crippen molar-refractivity contribution >= 4 is 23.0 Å². The van der Waals surface area contributed by atoms with E-state index in [0.29, 0.717) is 6.61 Å². The summed E-state index contributed by atoms with van der Waals surface area (Å²) < 4.78 is 5.93. The number of hydrogen-bond donors (Lipinski definition) is 0. The van der Waals surface area contributed by atoms with Gasteiger partial charge in [-0.05, 0) is 23.8 Å². The highest BCUT2D eigenvalue weighted by atomic mass is 16.5. The Kier molecular flexibility index (Phi) is 4.01. The Balaban J connectivity index is 1.92. The van der Waals surface area contributed by atoms with Crippen LogP contribution in [-0.4, -0.2) is 18.4 Å². The fraction of sp³-hybridized carbons (Fsp3) is 0.111. The van der Waals surface area contributed by atoms with E-state index >= 15 is 0 Å². The minimum Gasteiger partial charge on any atom is -0.488 e. The second-order valence-electron chi connectivity index (χ2n) is 5.01. The molecular weight excluding hydrogens is 276 g/mol. The molecule has 0 spiro atoms. The predicted octanol–water partition coefficient (Wildman–Crippen LogP) is 3.41. The third-order valence-electron chi connectivity index (χ3n) is 3.47. The zero-order valence-corrected chi connectivity index (χ0v) is 12.3. The fourth-order valence-electron chi connectivity index (χ4n) is 2.23. The molecule has 0 N–H and O–H groups in total. The molecule has 0 fully saturated rings. The van der Waals surface area contributed by atoms with Gasteiger partial charge in [-0.1, -0.05) is 36.4 Å². The largest absolute Gasteiger partial charge is 0.488 e. The van der Waals surface area contributed by atoms with Crippen molar-refractivity contribution in [2.24, 2.45) is 0 Å². The maximum atomic E-state index is 10.9. The van der Waals surface area contributed by atoms with E-state index in [2.05, 4.69) is 4.98 Å². The topological polar surface area (TPSA) is 42.4 Å². The summed E-state index contributed by atoms with van der Waals surface area (Å²) in [5.41, 5.74) is 2.68. The van der Waals surface area contributed by atoms with Gasteiger partial charge >= 0.3 is 0 Å². The van der Waals surface area contributed by atoms with E-state index in [0.717, 1.165) is 34.3 Å². The second-order valence-corrected chi connectivity index (χ2v) is 5.01. The molecule has 0 aliphatic rings. The Morgan fingerprint density at radius 1 is 1.14 bits per heavy atom. The Hall–Kier alpha value is -2.88. The standard InChI is InChI=1S/C18H16N2O2/c1-20(13-21)15-10-16-17(19-11-15)8-5-9-18(16)22-12-14-6-3-2-4-7-14/h2-11,13H,12H2,1H3. The monoisotopic (exact) mass is 292 g/mol. The summed E-state index contributed by atoms with van der Waals surface area (Å²) in [6.07, 6.45) is 2.44. The average molecular weight is 292 g/mol. The van der Waals surface area contributed by atoms with Crippen LogP contribution >= 0.6 is 0 Å². The van der Waals surface area contributed by atoms with Crippen LogP contribution in [0.4, 0.5) is 5.69 Å². The van der Waals surface area contributed by atoms with Crippen LogP contribution in [0.25, 0.3) is 10.9 Å². The molecule has 22 heavy (non-hydrogen) atoms. The zero-order chi connectivity index (χ0) is 15.4. The van der Waals surface area contributed by atoms with Gasteiger partial charge in [0.1, 0.15) is 12.4 Å². The normalized spacial score (nSPS) is 10.4. The molecule has 0 aliphatic heterocycles. The van der Waals surface area contributed by atoms with Crippen LogP contribution in [0.2, 0.25) is 0 Å². The number of aromatic nitrogens is 1. The molecule has 1 aromatic heterocycles. The van der Waals surface area contributed by atoms with Gasteiger partial charge in [-0.25, -0.2) is 0 Å². The summed E-state index contributed by atoms with van der Waals surface area (Å²) in [6.45, 7) is 0.494. The van der Waals surface area contributed by atoms with Crippen LogP contribution in [0.15, 0.2) is 60.8 Å². The third kappa shape index (κ3) is 2.91. The summed E-state index contributed by atoms with van der Waals surface area (Å²) in [5.74, 6) is 0.759. The van der Waals surface area contributed by atoms with E-state index in [1.165, 1.54) is 4.90 Å². The Morgan fingerprint density at radius 2 is 1.95 bits per heavy atom. The number of ether oxygens (including phenoxy) is 1. The van der Waals surface area contributed by atoms with E-state index < -0.39 is 0 Å². The lowest BCUT2D eigenvalue weighted by molar-refractivity contribution is -0.107. The summed E-state index contributed by atoms with van der Waals surface area (Å²) in [6, 6.07) is 17.7. The Bertz CT molecular complexity index is 787. The van der Waals surface area contributed by atoms with Gasteiger partial charge in [0.15, 0.2) is 0 Å². The summed E-state index contributed by atoms with van der Waals surface area (Å²) >= 11 is 0. The molecule has 3 aromatic rings. The number of carbonyl (C=O) groups excluding carboxylic acids is 1. The number of hydrogen-bond acceptors (Lipinski definition) is 3. The van der Waals surface area contributed by atoms with Gasteiger partial charge < -0.3 is 9.64 Å². The summed E-state index contributed by atoms with van der Waals surface area (Å²) in [7, 11) is 1.70. The molecule has 0 saturated heterocycles. The van der Waals surface area contributed by atoms with Crippen LogP contribution in [-0.2, 0) is 11.4 Å². The molecule has 1 amide bonds. The molecule has 2 aromatic carbocycles. The molecule has 3 rings (SSSR count). The van der Waals surface area contributed by atoms with E-state index in [9.17, 15) is 4.79 Å². The van der Waals surface area contributed by atoms with Gasteiger partial charge in [-0.2, -0.15) is 0 Å². The van der Waals surface area contributed by atoms with Crippen LogP contribution in [0.3, 0.4) is 0 Å². The van der Waals surface area contributed by atoms with Gasteiger partial charge in [0.25, 0.3) is 0 Å². The molecule has 1 heterocycles. The quantitative estimate of drug-likeness (QED) is 0.677. The first-order valence-electron chi connectivity index (χ1n) is 7.01. The first kappa shape index (κ1) is 14.1. The van der Waals surface area contributed by atoms with Crippen molar-refractivity contribution in [3.05, 3.63) is 66.4 Å². The lowest BCUT2D eigenvalue weighted by Crippen LogP contribution is -2.13. The van der Waals surface area contributed by atoms with Crippen LogP contribution in [0.1, 0.15) is 5.56 Å². The second kappa shape index (κ2) is 6.26.